The van der Waals surface area contributed by atoms with Crippen molar-refractivity contribution in [2.24, 2.45) is 5.10 Å². The van der Waals surface area contributed by atoms with E-state index >= 15 is 0 Å². The van der Waals surface area contributed by atoms with E-state index in [0.29, 0.717) is 5.56 Å². The number of para-hydroxylation sites is 1. The van der Waals surface area contributed by atoms with Crippen molar-refractivity contribution in [3.8, 4) is 0 Å². The number of anilines is 1. The Bertz CT molecular complexity index is 524. The van der Waals surface area contributed by atoms with Gasteiger partial charge in [-0.25, -0.2) is 8.78 Å². The van der Waals surface area contributed by atoms with Crippen molar-refractivity contribution in [1.29, 1.82) is 0 Å². The van der Waals surface area contributed by atoms with Gasteiger partial charge >= 0.3 is 0 Å². The van der Waals surface area contributed by atoms with Crippen LogP contribution in [0.2, 0.25) is 0 Å². The van der Waals surface area contributed by atoms with Gasteiger partial charge in [0.2, 0.25) is 0 Å². The predicted molar refractivity (Wildman–Crippen MR) is 69.1 cm³/mol. The van der Waals surface area contributed by atoms with Crippen LogP contribution < -0.4 is 5.43 Å². The number of hydrogen-bond acceptors (Lipinski definition) is 2. The van der Waals surface area contributed by atoms with Crippen molar-refractivity contribution in [1.82, 2.24) is 0 Å². The van der Waals surface area contributed by atoms with Crippen LogP contribution in [0, 0.1) is 0 Å². The van der Waals surface area contributed by atoms with Gasteiger partial charge in [-0.3, -0.25) is 5.43 Å². The molecule has 0 saturated heterocycles. The maximum atomic E-state index is 12.5. The molecule has 1 N–H and O–H groups in total. The zero-order chi connectivity index (χ0) is 12.8. The third kappa shape index (κ3) is 3.38. The fourth-order valence-electron chi connectivity index (χ4n) is 1.47. The summed E-state index contributed by atoms with van der Waals surface area (Å²) < 4.78 is 24.9. The van der Waals surface area contributed by atoms with Crippen molar-refractivity contribution in [2.45, 2.75) is 6.43 Å². The van der Waals surface area contributed by atoms with Crippen LogP contribution in [-0.2, 0) is 0 Å². The van der Waals surface area contributed by atoms with Crippen molar-refractivity contribution in [2.75, 3.05) is 5.43 Å². The van der Waals surface area contributed by atoms with E-state index in [4.69, 9.17) is 0 Å². The zero-order valence-electron chi connectivity index (χ0n) is 9.55. The second-order valence-electron chi connectivity index (χ2n) is 3.71. The minimum atomic E-state index is -2.46. The molecule has 92 valence electrons. The van der Waals surface area contributed by atoms with Gasteiger partial charge in [-0.15, -0.1) is 0 Å². The normalized spacial score (nSPS) is 11.1. The summed E-state index contributed by atoms with van der Waals surface area (Å²) in [6.07, 6.45) is -0.945. The molecule has 2 nitrogen and oxygen atoms in total. The number of hydrogen-bond donors (Lipinski definition) is 1. The van der Waals surface area contributed by atoms with Crippen molar-refractivity contribution in [3.63, 3.8) is 0 Å². The van der Waals surface area contributed by atoms with Crippen LogP contribution in [-0.4, -0.2) is 6.21 Å². The molecule has 0 saturated carbocycles. The van der Waals surface area contributed by atoms with Gasteiger partial charge in [-0.1, -0.05) is 36.4 Å². The third-order valence-corrected chi connectivity index (χ3v) is 2.34. The van der Waals surface area contributed by atoms with Crippen LogP contribution in [0.1, 0.15) is 17.6 Å². The van der Waals surface area contributed by atoms with Crippen LogP contribution >= 0.6 is 0 Å². The summed E-state index contributed by atoms with van der Waals surface area (Å²) in [6, 6.07) is 15.5. The number of benzene rings is 2. The summed E-state index contributed by atoms with van der Waals surface area (Å²) in [5.74, 6) is 0. The lowest BCUT2D eigenvalue weighted by Crippen LogP contribution is -1.91. The number of halogens is 2. The molecule has 4 heteroatoms. The Morgan fingerprint density at radius 2 is 1.78 bits per heavy atom. The lowest BCUT2D eigenvalue weighted by atomic mass is 10.1. The van der Waals surface area contributed by atoms with Gasteiger partial charge in [-0.05, 0) is 23.8 Å². The van der Waals surface area contributed by atoms with Crippen LogP contribution in [0.15, 0.2) is 59.7 Å². The Hall–Kier alpha value is -2.23. The molecule has 0 aliphatic carbocycles. The largest absolute Gasteiger partial charge is 0.279 e. The Labute approximate surface area is 104 Å². The molecule has 0 aliphatic heterocycles. The van der Waals surface area contributed by atoms with Gasteiger partial charge in [-0.2, -0.15) is 5.10 Å². The molecular formula is C14H12F2N2. The quantitative estimate of drug-likeness (QED) is 0.638. The average Bonchev–Trinajstić information content (AvgIpc) is 2.40. The molecule has 0 heterocycles. The SMILES string of the molecule is FC(F)c1cccc(C=NNc2ccccc2)c1. The molecule has 0 unspecified atom stereocenters. The maximum absolute atomic E-state index is 12.5. The van der Waals surface area contributed by atoms with E-state index in [1.165, 1.54) is 18.3 Å². The van der Waals surface area contributed by atoms with E-state index in [1.54, 1.807) is 12.1 Å². The van der Waals surface area contributed by atoms with Gasteiger partial charge in [0, 0.05) is 5.56 Å². The molecule has 0 aromatic heterocycles. The number of rotatable bonds is 4. The number of nitrogens with one attached hydrogen (secondary N) is 1. The lowest BCUT2D eigenvalue weighted by molar-refractivity contribution is 0.151. The fourth-order valence-corrected chi connectivity index (χ4v) is 1.47. The van der Waals surface area contributed by atoms with Gasteiger partial charge in [0.25, 0.3) is 6.43 Å². The molecule has 0 amide bonds. The second-order valence-corrected chi connectivity index (χ2v) is 3.71. The van der Waals surface area contributed by atoms with E-state index in [1.807, 2.05) is 30.3 Å². The Balaban J connectivity index is 2.03. The molecule has 0 spiro atoms. The molecule has 0 atom stereocenters. The lowest BCUT2D eigenvalue weighted by Gasteiger charge is -2.01. The van der Waals surface area contributed by atoms with Crippen LogP contribution in [0.25, 0.3) is 0 Å². The van der Waals surface area contributed by atoms with Crippen LogP contribution in [0.3, 0.4) is 0 Å². The Morgan fingerprint density at radius 3 is 2.50 bits per heavy atom. The fraction of sp³-hybridized carbons (Fsp3) is 0.0714. The van der Waals surface area contributed by atoms with E-state index in [9.17, 15) is 8.78 Å². The highest BCUT2D eigenvalue weighted by Gasteiger charge is 2.05. The zero-order valence-corrected chi connectivity index (χ0v) is 9.55. The summed E-state index contributed by atoms with van der Waals surface area (Å²) in [5.41, 5.74) is 4.30. The number of hydrazone groups is 1. The Kier molecular flexibility index (Phi) is 4.02. The predicted octanol–water partition coefficient (Wildman–Crippen LogP) is 4.07. The maximum Gasteiger partial charge on any atom is 0.263 e. The molecule has 2 aromatic rings. The first-order chi connectivity index (χ1) is 8.75. The monoisotopic (exact) mass is 246 g/mol. The summed E-state index contributed by atoms with van der Waals surface area (Å²) in [5, 5.41) is 3.99. The average molecular weight is 246 g/mol. The minimum absolute atomic E-state index is 0.00124. The molecule has 18 heavy (non-hydrogen) atoms. The highest BCUT2D eigenvalue weighted by atomic mass is 19.3. The molecule has 0 bridgehead atoms. The molecule has 0 fully saturated rings. The van der Waals surface area contributed by atoms with E-state index in [0.717, 1.165) is 5.69 Å². The highest BCUT2D eigenvalue weighted by Crippen LogP contribution is 2.18. The minimum Gasteiger partial charge on any atom is -0.279 e. The second kappa shape index (κ2) is 5.91. The van der Waals surface area contributed by atoms with E-state index in [2.05, 4.69) is 10.5 Å². The topological polar surface area (TPSA) is 24.4 Å². The first-order valence-electron chi connectivity index (χ1n) is 5.48. The van der Waals surface area contributed by atoms with Gasteiger partial charge < -0.3 is 0 Å². The van der Waals surface area contributed by atoms with Gasteiger partial charge in [0.1, 0.15) is 0 Å². The van der Waals surface area contributed by atoms with Crippen molar-refractivity contribution < 1.29 is 8.78 Å². The summed E-state index contributed by atoms with van der Waals surface area (Å²) in [7, 11) is 0. The smallest absolute Gasteiger partial charge is 0.263 e. The van der Waals surface area contributed by atoms with Gasteiger partial charge in [0.05, 0.1) is 11.9 Å². The van der Waals surface area contributed by atoms with Gasteiger partial charge in [0.15, 0.2) is 0 Å². The first-order valence-corrected chi connectivity index (χ1v) is 5.48. The Morgan fingerprint density at radius 1 is 1.00 bits per heavy atom. The van der Waals surface area contributed by atoms with E-state index < -0.39 is 6.43 Å². The van der Waals surface area contributed by atoms with E-state index in [-0.39, 0.29) is 5.56 Å². The number of nitrogens with zero attached hydrogens (tertiary/aromatic N) is 1. The third-order valence-electron chi connectivity index (χ3n) is 2.34. The first kappa shape index (κ1) is 12.2. The molecule has 0 radical (unpaired) electrons. The number of alkyl halides is 2. The summed E-state index contributed by atoms with van der Waals surface area (Å²) in [4.78, 5) is 0. The summed E-state index contributed by atoms with van der Waals surface area (Å²) in [6.45, 7) is 0. The van der Waals surface area contributed by atoms with Crippen LogP contribution in [0.4, 0.5) is 14.5 Å². The molecular weight excluding hydrogens is 234 g/mol. The van der Waals surface area contributed by atoms with Crippen LogP contribution in [0.5, 0.6) is 0 Å². The summed E-state index contributed by atoms with van der Waals surface area (Å²) >= 11 is 0. The highest BCUT2D eigenvalue weighted by molar-refractivity contribution is 5.80. The van der Waals surface area contributed by atoms with Crippen molar-refractivity contribution >= 4 is 11.9 Å². The molecule has 2 aromatic carbocycles. The molecule has 0 aliphatic rings. The molecule has 2 rings (SSSR count). The standard InChI is InChI=1S/C14H12F2N2/c15-14(16)12-6-4-5-11(9-12)10-17-18-13-7-2-1-3-8-13/h1-10,14,18H. The van der Waals surface area contributed by atoms with Crippen molar-refractivity contribution in [3.05, 3.63) is 65.7 Å².